The summed E-state index contributed by atoms with van der Waals surface area (Å²) in [4.78, 5) is 11.4. The van der Waals surface area contributed by atoms with E-state index in [0.717, 1.165) is 48.8 Å². The van der Waals surface area contributed by atoms with Crippen LogP contribution in [0, 0.1) is 0 Å². The van der Waals surface area contributed by atoms with Crippen molar-refractivity contribution in [2.75, 3.05) is 7.05 Å². The molecule has 0 radical (unpaired) electrons. The second-order valence-corrected chi connectivity index (χ2v) is 10.5. The molecule has 4 nitrogen and oxygen atoms in total. The van der Waals surface area contributed by atoms with Crippen molar-refractivity contribution in [3.05, 3.63) is 28.8 Å². The first-order valence-corrected chi connectivity index (χ1v) is 10.8. The van der Waals surface area contributed by atoms with Crippen LogP contribution in [0.5, 0.6) is 5.75 Å². The van der Waals surface area contributed by atoms with Gasteiger partial charge in [-0.2, -0.15) is 12.6 Å². The van der Waals surface area contributed by atoms with E-state index >= 15 is 0 Å². The highest BCUT2D eigenvalue weighted by atomic mass is 32.1. The summed E-state index contributed by atoms with van der Waals surface area (Å²) in [5.74, 6) is 0.170. The number of phenolic OH excluding ortho intramolecular Hbond substituents is 1. The van der Waals surface area contributed by atoms with Gasteiger partial charge < -0.3 is 5.11 Å². The molecule has 1 aromatic rings. The van der Waals surface area contributed by atoms with Crippen LogP contribution < -0.4 is 0 Å². The zero-order valence-corrected chi connectivity index (χ0v) is 19.6. The topological polar surface area (TPSA) is 60.8 Å². The number of thiol groups is 1. The number of aromatic hydroxyl groups is 1. The van der Waals surface area contributed by atoms with E-state index in [1.807, 2.05) is 0 Å². The standard InChI is InChI=1S/C23H39NO3S/c1-22(2,3)17-14-16(15-18(21(17)26)23(4,5)6)19(28)12-10-8-9-11-13-20(25)24(7)27/h14-15,19,26-28H,8-13H2,1-7H3. The van der Waals surface area contributed by atoms with E-state index in [1.165, 1.54) is 7.05 Å². The molecule has 2 N–H and O–H groups in total. The van der Waals surface area contributed by atoms with Crippen LogP contribution in [-0.4, -0.2) is 28.3 Å². The van der Waals surface area contributed by atoms with Crippen LogP contribution >= 0.6 is 12.6 Å². The fourth-order valence-electron chi connectivity index (χ4n) is 3.29. The summed E-state index contributed by atoms with van der Waals surface area (Å²) in [6.45, 7) is 12.7. The van der Waals surface area contributed by atoms with Gasteiger partial charge in [0.2, 0.25) is 5.91 Å². The quantitative estimate of drug-likeness (QED) is 0.209. The average Bonchev–Trinajstić information content (AvgIpc) is 2.55. The Balaban J connectivity index is 2.77. The number of carbonyl (C=O) groups is 1. The van der Waals surface area contributed by atoms with Crippen molar-refractivity contribution in [2.45, 2.75) is 96.1 Å². The highest BCUT2D eigenvalue weighted by Gasteiger charge is 2.27. The maximum Gasteiger partial charge on any atom is 0.245 e. The van der Waals surface area contributed by atoms with Crippen LogP contribution in [-0.2, 0) is 15.6 Å². The van der Waals surface area contributed by atoms with E-state index in [1.54, 1.807) is 0 Å². The molecule has 28 heavy (non-hydrogen) atoms. The van der Waals surface area contributed by atoms with Crippen molar-refractivity contribution in [3.8, 4) is 5.75 Å². The second kappa shape index (κ2) is 10.0. The van der Waals surface area contributed by atoms with Crippen LogP contribution in [0.4, 0.5) is 0 Å². The Labute approximate surface area is 176 Å². The van der Waals surface area contributed by atoms with Crippen LogP contribution in [0.1, 0.15) is 102 Å². The summed E-state index contributed by atoms with van der Waals surface area (Å²) in [6.07, 6.45) is 5.18. The Hall–Kier alpha value is -1.20. The first kappa shape index (κ1) is 24.8. The molecule has 1 atom stereocenters. The SMILES string of the molecule is CN(O)C(=O)CCCCCCC(S)c1cc(C(C)(C)C)c(O)c(C(C)(C)C)c1. The molecule has 1 unspecified atom stereocenters. The van der Waals surface area contributed by atoms with Crippen LogP contribution in [0.2, 0.25) is 0 Å². The molecule has 0 spiro atoms. The van der Waals surface area contributed by atoms with Gasteiger partial charge in [-0.1, -0.05) is 72.9 Å². The van der Waals surface area contributed by atoms with Crippen molar-refractivity contribution >= 4 is 18.5 Å². The third-order valence-corrected chi connectivity index (χ3v) is 5.67. The maximum atomic E-state index is 11.4. The van der Waals surface area contributed by atoms with Crippen molar-refractivity contribution in [2.24, 2.45) is 0 Å². The maximum absolute atomic E-state index is 11.4. The third-order valence-electron chi connectivity index (χ3n) is 5.11. The van der Waals surface area contributed by atoms with Gasteiger partial charge in [0.25, 0.3) is 0 Å². The molecule has 160 valence electrons. The van der Waals surface area contributed by atoms with Gasteiger partial charge in [0, 0.05) is 18.7 Å². The lowest BCUT2D eigenvalue weighted by Crippen LogP contribution is -2.21. The summed E-state index contributed by atoms with van der Waals surface area (Å²) in [7, 11) is 1.36. The summed E-state index contributed by atoms with van der Waals surface area (Å²) in [5, 5.41) is 20.7. The zero-order valence-electron chi connectivity index (χ0n) is 18.7. The molecule has 1 aromatic carbocycles. The van der Waals surface area contributed by atoms with Gasteiger partial charge in [-0.25, -0.2) is 5.06 Å². The van der Waals surface area contributed by atoms with Gasteiger partial charge in [0.05, 0.1) is 0 Å². The summed E-state index contributed by atoms with van der Waals surface area (Å²) < 4.78 is 0. The number of phenols is 1. The van der Waals surface area contributed by atoms with Gasteiger partial charge in [0.15, 0.2) is 0 Å². The van der Waals surface area contributed by atoms with Crippen LogP contribution in [0.15, 0.2) is 12.1 Å². The van der Waals surface area contributed by atoms with E-state index in [-0.39, 0.29) is 22.0 Å². The largest absolute Gasteiger partial charge is 0.507 e. The minimum atomic E-state index is -0.236. The summed E-state index contributed by atoms with van der Waals surface area (Å²) in [5.41, 5.74) is 2.83. The Morgan fingerprint density at radius 1 is 1.00 bits per heavy atom. The van der Waals surface area contributed by atoms with Crippen LogP contribution in [0.3, 0.4) is 0 Å². The first-order valence-electron chi connectivity index (χ1n) is 10.3. The number of amides is 1. The zero-order chi connectivity index (χ0) is 21.7. The molecule has 0 aliphatic heterocycles. The van der Waals surface area contributed by atoms with Gasteiger partial charge in [-0.05, 0) is 40.4 Å². The molecule has 0 aromatic heterocycles. The highest BCUT2D eigenvalue weighted by Crippen LogP contribution is 2.42. The van der Waals surface area contributed by atoms with E-state index in [4.69, 9.17) is 17.8 Å². The second-order valence-electron chi connectivity index (χ2n) is 9.85. The van der Waals surface area contributed by atoms with Gasteiger partial charge in [-0.3, -0.25) is 10.0 Å². The predicted octanol–water partition coefficient (Wildman–Crippen LogP) is 6.15. The first-order chi connectivity index (χ1) is 12.7. The third kappa shape index (κ3) is 7.32. The number of unbranched alkanes of at least 4 members (excludes halogenated alkanes) is 3. The molecular weight excluding hydrogens is 370 g/mol. The minimum absolute atomic E-state index is 0.119. The monoisotopic (exact) mass is 409 g/mol. The Morgan fingerprint density at radius 2 is 1.46 bits per heavy atom. The van der Waals surface area contributed by atoms with Gasteiger partial charge >= 0.3 is 0 Å². The average molecular weight is 410 g/mol. The molecule has 0 aliphatic rings. The number of hydrogen-bond acceptors (Lipinski definition) is 4. The number of benzene rings is 1. The Bertz CT molecular complexity index is 622. The fourth-order valence-corrected chi connectivity index (χ4v) is 3.62. The minimum Gasteiger partial charge on any atom is -0.507 e. The molecule has 5 heteroatoms. The normalized spacial score (nSPS) is 13.5. The lowest BCUT2D eigenvalue weighted by Gasteiger charge is -2.29. The number of rotatable bonds is 8. The molecule has 0 aliphatic carbocycles. The molecule has 0 fully saturated rings. The fraction of sp³-hybridized carbons (Fsp3) is 0.696. The van der Waals surface area contributed by atoms with Crippen molar-refractivity contribution in [1.82, 2.24) is 5.06 Å². The lowest BCUT2D eigenvalue weighted by atomic mass is 9.78. The van der Waals surface area contributed by atoms with E-state index in [2.05, 4.69) is 53.7 Å². The Morgan fingerprint density at radius 3 is 1.89 bits per heavy atom. The van der Waals surface area contributed by atoms with E-state index in [9.17, 15) is 9.90 Å². The lowest BCUT2D eigenvalue weighted by molar-refractivity contribution is -0.159. The van der Waals surface area contributed by atoms with Crippen molar-refractivity contribution < 1.29 is 15.1 Å². The van der Waals surface area contributed by atoms with Gasteiger partial charge in [0.1, 0.15) is 5.75 Å². The molecule has 0 saturated carbocycles. The van der Waals surface area contributed by atoms with Crippen molar-refractivity contribution in [1.29, 1.82) is 0 Å². The number of hydroxylamine groups is 2. The summed E-state index contributed by atoms with van der Waals surface area (Å²) in [6, 6.07) is 4.22. The van der Waals surface area contributed by atoms with E-state index in [0.29, 0.717) is 17.2 Å². The molecule has 1 amide bonds. The number of nitrogens with zero attached hydrogens (tertiary/aromatic N) is 1. The smallest absolute Gasteiger partial charge is 0.245 e. The van der Waals surface area contributed by atoms with E-state index < -0.39 is 0 Å². The highest BCUT2D eigenvalue weighted by molar-refractivity contribution is 7.80. The number of hydrogen-bond donors (Lipinski definition) is 3. The number of carbonyl (C=O) groups excluding carboxylic acids is 1. The molecule has 0 saturated heterocycles. The molecule has 0 heterocycles. The Kier molecular flexibility index (Phi) is 8.89. The summed E-state index contributed by atoms with van der Waals surface area (Å²) >= 11 is 4.85. The molecule has 1 rings (SSSR count). The van der Waals surface area contributed by atoms with Crippen LogP contribution in [0.25, 0.3) is 0 Å². The molecule has 0 bridgehead atoms. The van der Waals surface area contributed by atoms with Crippen molar-refractivity contribution in [3.63, 3.8) is 0 Å². The van der Waals surface area contributed by atoms with Gasteiger partial charge in [-0.15, -0.1) is 0 Å². The molecular formula is C23H39NO3S. The predicted molar refractivity (Wildman–Crippen MR) is 119 cm³/mol.